The molecule has 0 spiro atoms. The fourth-order valence-electron chi connectivity index (χ4n) is 3.95. The van der Waals surface area contributed by atoms with Crippen LogP contribution in [0, 0.1) is 25.2 Å². The van der Waals surface area contributed by atoms with Crippen LogP contribution in [0.2, 0.25) is 0 Å². The zero-order valence-electron chi connectivity index (χ0n) is 21.2. The average molecular weight is 473 g/mol. The van der Waals surface area contributed by atoms with Gasteiger partial charge in [0.1, 0.15) is 5.75 Å². The molecule has 35 heavy (non-hydrogen) atoms. The van der Waals surface area contributed by atoms with E-state index in [2.05, 4.69) is 79.8 Å². The number of aliphatic hydroxyl groups is 1. The summed E-state index contributed by atoms with van der Waals surface area (Å²) in [5.74, 6) is -0.272. The van der Waals surface area contributed by atoms with Gasteiger partial charge >= 0.3 is 0 Å². The SMILES string of the molecule is Cc1cc(OCCCOC(C)(C)O)ccc1-c1cccc(CNc2ccc(CCC#N)cc2)c1C. The predicted octanol–water partition coefficient (Wildman–Crippen LogP) is 6.55. The van der Waals surface area contributed by atoms with E-state index < -0.39 is 5.79 Å². The lowest BCUT2D eigenvalue weighted by Crippen LogP contribution is -2.24. The van der Waals surface area contributed by atoms with E-state index in [1.165, 1.54) is 27.8 Å². The first kappa shape index (κ1) is 26.3. The smallest absolute Gasteiger partial charge is 0.159 e. The topological polar surface area (TPSA) is 74.5 Å². The van der Waals surface area contributed by atoms with Crippen LogP contribution in [0.3, 0.4) is 0 Å². The highest BCUT2D eigenvalue weighted by Gasteiger charge is 2.12. The summed E-state index contributed by atoms with van der Waals surface area (Å²) < 4.78 is 11.2. The molecule has 0 aromatic heterocycles. The van der Waals surface area contributed by atoms with E-state index in [0.29, 0.717) is 26.1 Å². The number of benzene rings is 3. The molecule has 0 radical (unpaired) electrons. The van der Waals surface area contributed by atoms with Crippen LogP contribution in [0.4, 0.5) is 5.69 Å². The van der Waals surface area contributed by atoms with Gasteiger partial charge in [0, 0.05) is 25.1 Å². The first-order valence-electron chi connectivity index (χ1n) is 12.2. The van der Waals surface area contributed by atoms with Gasteiger partial charge < -0.3 is 19.9 Å². The molecule has 0 aliphatic heterocycles. The molecule has 3 aromatic rings. The van der Waals surface area contributed by atoms with E-state index in [9.17, 15) is 5.11 Å². The number of rotatable bonds is 12. The molecule has 5 nitrogen and oxygen atoms in total. The van der Waals surface area contributed by atoms with Gasteiger partial charge in [0.2, 0.25) is 0 Å². The molecular formula is C30H36N2O3. The van der Waals surface area contributed by atoms with E-state index in [1.54, 1.807) is 13.8 Å². The minimum absolute atomic E-state index is 0.450. The molecule has 2 N–H and O–H groups in total. The molecule has 0 bridgehead atoms. The summed E-state index contributed by atoms with van der Waals surface area (Å²) in [5, 5.41) is 21.9. The van der Waals surface area contributed by atoms with Gasteiger partial charge in [-0.15, -0.1) is 0 Å². The Labute approximate surface area is 209 Å². The maximum Gasteiger partial charge on any atom is 0.159 e. The summed E-state index contributed by atoms with van der Waals surface area (Å²) in [7, 11) is 0. The lowest BCUT2D eigenvalue weighted by Gasteiger charge is -2.18. The van der Waals surface area contributed by atoms with Gasteiger partial charge in [0.05, 0.1) is 19.3 Å². The predicted molar refractivity (Wildman–Crippen MR) is 141 cm³/mol. The Morgan fingerprint density at radius 3 is 2.43 bits per heavy atom. The molecule has 0 aliphatic carbocycles. The van der Waals surface area contributed by atoms with Crippen LogP contribution in [-0.2, 0) is 17.7 Å². The second kappa shape index (κ2) is 12.4. The van der Waals surface area contributed by atoms with Crippen LogP contribution in [-0.4, -0.2) is 24.1 Å². The lowest BCUT2D eigenvalue weighted by molar-refractivity contribution is -0.176. The molecule has 0 fully saturated rings. The third-order valence-corrected chi connectivity index (χ3v) is 5.91. The number of hydrogen-bond acceptors (Lipinski definition) is 5. The molecule has 0 saturated heterocycles. The van der Waals surface area contributed by atoms with Crippen LogP contribution in [0.5, 0.6) is 5.75 Å². The van der Waals surface area contributed by atoms with Crippen molar-refractivity contribution in [2.75, 3.05) is 18.5 Å². The summed E-state index contributed by atoms with van der Waals surface area (Å²) in [6.45, 7) is 9.26. The summed E-state index contributed by atoms with van der Waals surface area (Å²) in [6, 6.07) is 23.1. The molecule has 0 atom stereocenters. The highest BCUT2D eigenvalue weighted by atomic mass is 16.6. The molecule has 0 unspecified atom stereocenters. The Bertz CT molecular complexity index is 1140. The zero-order valence-corrected chi connectivity index (χ0v) is 21.2. The van der Waals surface area contributed by atoms with Gasteiger partial charge in [-0.25, -0.2) is 0 Å². The van der Waals surface area contributed by atoms with E-state index in [0.717, 1.165) is 30.0 Å². The number of aryl methyl sites for hydroxylation is 2. The van der Waals surface area contributed by atoms with E-state index in [-0.39, 0.29) is 0 Å². The lowest BCUT2D eigenvalue weighted by atomic mass is 9.93. The molecule has 0 aliphatic rings. The van der Waals surface area contributed by atoms with E-state index in [4.69, 9.17) is 14.7 Å². The molecular weight excluding hydrogens is 436 g/mol. The van der Waals surface area contributed by atoms with Gasteiger partial charge in [0.25, 0.3) is 0 Å². The molecule has 3 rings (SSSR count). The van der Waals surface area contributed by atoms with Crippen LogP contribution >= 0.6 is 0 Å². The Balaban J connectivity index is 1.61. The van der Waals surface area contributed by atoms with E-state index >= 15 is 0 Å². The zero-order chi connectivity index (χ0) is 25.3. The van der Waals surface area contributed by atoms with Crippen molar-refractivity contribution < 1.29 is 14.6 Å². The standard InChI is InChI=1S/C30H36N2O3/c1-22-20-27(34-18-7-19-35-30(3,4)33)15-16-28(22)29-10-5-9-25(23(29)2)21-32-26-13-11-24(12-14-26)8-6-17-31/h5,9-16,20,32-33H,6-8,18-19,21H2,1-4H3. The number of anilines is 1. The Morgan fingerprint density at radius 1 is 0.971 bits per heavy atom. The monoisotopic (exact) mass is 472 g/mol. The molecule has 0 heterocycles. The van der Waals surface area contributed by atoms with Gasteiger partial charge in [-0.3, -0.25) is 0 Å². The van der Waals surface area contributed by atoms with Crippen molar-refractivity contribution in [3.05, 3.63) is 82.9 Å². The maximum atomic E-state index is 9.60. The number of nitriles is 1. The fourth-order valence-corrected chi connectivity index (χ4v) is 3.95. The average Bonchev–Trinajstić information content (AvgIpc) is 2.82. The number of ether oxygens (including phenoxy) is 2. The number of nitrogens with one attached hydrogen (secondary N) is 1. The Hall–Kier alpha value is -3.33. The molecule has 0 amide bonds. The quantitative estimate of drug-likeness (QED) is 0.231. The fraction of sp³-hybridized carbons (Fsp3) is 0.367. The summed E-state index contributed by atoms with van der Waals surface area (Å²) in [4.78, 5) is 0. The van der Waals surface area contributed by atoms with Gasteiger partial charge in [-0.2, -0.15) is 5.26 Å². The third-order valence-electron chi connectivity index (χ3n) is 5.91. The van der Waals surface area contributed by atoms with Crippen molar-refractivity contribution >= 4 is 5.69 Å². The van der Waals surface area contributed by atoms with E-state index in [1.807, 2.05) is 6.07 Å². The minimum atomic E-state index is -1.11. The van der Waals surface area contributed by atoms with Crippen molar-refractivity contribution in [1.82, 2.24) is 0 Å². The third kappa shape index (κ3) is 8.13. The van der Waals surface area contributed by atoms with Crippen molar-refractivity contribution in [1.29, 1.82) is 5.26 Å². The van der Waals surface area contributed by atoms with Crippen LogP contribution < -0.4 is 10.1 Å². The summed E-state index contributed by atoms with van der Waals surface area (Å²) in [5.41, 5.74) is 8.34. The van der Waals surface area contributed by atoms with Crippen molar-refractivity contribution in [2.45, 2.75) is 59.3 Å². The van der Waals surface area contributed by atoms with Gasteiger partial charge in [-0.05, 0) is 91.8 Å². The van der Waals surface area contributed by atoms with Gasteiger partial charge in [0.15, 0.2) is 5.79 Å². The summed E-state index contributed by atoms with van der Waals surface area (Å²) >= 11 is 0. The molecule has 5 heteroatoms. The normalized spacial score (nSPS) is 11.2. The van der Waals surface area contributed by atoms with Crippen LogP contribution in [0.1, 0.15) is 48.9 Å². The highest BCUT2D eigenvalue weighted by molar-refractivity contribution is 5.72. The Morgan fingerprint density at radius 2 is 1.74 bits per heavy atom. The number of hydrogen-bond donors (Lipinski definition) is 2. The molecule has 0 saturated carbocycles. The van der Waals surface area contributed by atoms with Crippen molar-refractivity contribution in [3.8, 4) is 22.9 Å². The highest BCUT2D eigenvalue weighted by Crippen LogP contribution is 2.31. The Kier molecular flexibility index (Phi) is 9.31. The minimum Gasteiger partial charge on any atom is -0.493 e. The molecule has 184 valence electrons. The van der Waals surface area contributed by atoms with Crippen molar-refractivity contribution in [3.63, 3.8) is 0 Å². The maximum absolute atomic E-state index is 9.60. The second-order valence-electron chi connectivity index (χ2n) is 9.27. The molecule has 3 aromatic carbocycles. The van der Waals surface area contributed by atoms with Crippen LogP contribution in [0.25, 0.3) is 11.1 Å². The van der Waals surface area contributed by atoms with Crippen LogP contribution in [0.15, 0.2) is 60.7 Å². The first-order chi connectivity index (χ1) is 16.8. The number of nitrogens with zero attached hydrogens (tertiary/aromatic N) is 1. The summed E-state index contributed by atoms with van der Waals surface area (Å²) in [6.07, 6.45) is 2.04. The second-order valence-corrected chi connectivity index (χ2v) is 9.27. The first-order valence-corrected chi connectivity index (χ1v) is 12.2. The van der Waals surface area contributed by atoms with Crippen molar-refractivity contribution in [2.24, 2.45) is 0 Å². The largest absolute Gasteiger partial charge is 0.493 e. The van der Waals surface area contributed by atoms with Gasteiger partial charge in [-0.1, -0.05) is 36.4 Å².